The minimum atomic E-state index is -0.0104. The van der Waals surface area contributed by atoms with Crippen molar-refractivity contribution in [2.75, 3.05) is 13.1 Å². The Labute approximate surface area is 119 Å². The van der Waals surface area contributed by atoms with E-state index in [1.54, 1.807) is 0 Å². The Morgan fingerprint density at radius 3 is 2.58 bits per heavy atom. The topological polar surface area (TPSA) is 55.1 Å². The third-order valence-corrected chi connectivity index (χ3v) is 2.95. The molecule has 2 aromatic rings. The van der Waals surface area contributed by atoms with Crippen molar-refractivity contribution in [3.8, 4) is 0 Å². The van der Waals surface area contributed by atoms with Gasteiger partial charge in [0.2, 0.25) is 0 Å². The normalized spacial score (nSPS) is 9.95. The molecule has 19 heavy (non-hydrogen) atoms. The van der Waals surface area contributed by atoms with Crippen molar-refractivity contribution in [1.29, 1.82) is 0 Å². The molecule has 4 heteroatoms. The summed E-state index contributed by atoms with van der Waals surface area (Å²) in [5, 5.41) is 5.02. The molecule has 0 aliphatic carbocycles. The van der Waals surface area contributed by atoms with Gasteiger partial charge in [0.25, 0.3) is 5.91 Å². The highest BCUT2D eigenvalue weighted by molar-refractivity contribution is 6.06. The summed E-state index contributed by atoms with van der Waals surface area (Å²) >= 11 is 0. The van der Waals surface area contributed by atoms with Crippen LogP contribution >= 0.6 is 12.4 Å². The first-order chi connectivity index (χ1) is 8.83. The molecule has 1 amide bonds. The number of nitrogens with two attached hydrogens (primary N) is 1. The molecule has 2 aromatic carbocycles. The number of amides is 1. The molecule has 3 nitrogen and oxygen atoms in total. The van der Waals surface area contributed by atoms with Crippen molar-refractivity contribution >= 4 is 29.1 Å². The van der Waals surface area contributed by atoms with E-state index in [9.17, 15) is 4.79 Å². The van der Waals surface area contributed by atoms with Gasteiger partial charge < -0.3 is 11.1 Å². The zero-order valence-electron chi connectivity index (χ0n) is 10.8. The van der Waals surface area contributed by atoms with E-state index in [0.717, 1.165) is 29.2 Å². The lowest BCUT2D eigenvalue weighted by molar-refractivity contribution is 0.0954. The third-order valence-electron chi connectivity index (χ3n) is 2.95. The van der Waals surface area contributed by atoms with Crippen LogP contribution in [0.5, 0.6) is 0 Å². The van der Waals surface area contributed by atoms with Gasteiger partial charge in [0, 0.05) is 12.1 Å². The molecular formula is C15H19ClN2O. The van der Waals surface area contributed by atoms with E-state index in [2.05, 4.69) is 5.32 Å². The fourth-order valence-electron chi connectivity index (χ4n) is 1.99. The van der Waals surface area contributed by atoms with E-state index >= 15 is 0 Å². The molecule has 0 fully saturated rings. The lowest BCUT2D eigenvalue weighted by atomic mass is 10.0. The molecule has 0 heterocycles. The summed E-state index contributed by atoms with van der Waals surface area (Å²) in [6, 6.07) is 13.7. The lowest BCUT2D eigenvalue weighted by Crippen LogP contribution is -2.25. The van der Waals surface area contributed by atoms with Crippen molar-refractivity contribution < 1.29 is 4.79 Å². The number of fused-ring (bicyclic) bond motifs is 1. The smallest absolute Gasteiger partial charge is 0.251 e. The zero-order chi connectivity index (χ0) is 12.8. The molecule has 0 aromatic heterocycles. The van der Waals surface area contributed by atoms with Crippen LogP contribution in [0, 0.1) is 0 Å². The monoisotopic (exact) mass is 278 g/mol. The van der Waals surface area contributed by atoms with Gasteiger partial charge in [0.1, 0.15) is 0 Å². The molecular weight excluding hydrogens is 260 g/mol. The quantitative estimate of drug-likeness (QED) is 0.827. The summed E-state index contributed by atoms with van der Waals surface area (Å²) in [4.78, 5) is 12.1. The maximum atomic E-state index is 12.1. The Hall–Kier alpha value is -1.58. The van der Waals surface area contributed by atoms with Crippen molar-refractivity contribution in [2.24, 2.45) is 5.73 Å². The van der Waals surface area contributed by atoms with Gasteiger partial charge in [-0.25, -0.2) is 0 Å². The van der Waals surface area contributed by atoms with E-state index < -0.39 is 0 Å². The molecule has 0 unspecified atom stereocenters. The van der Waals surface area contributed by atoms with Gasteiger partial charge in [-0.3, -0.25) is 4.79 Å². The number of carbonyl (C=O) groups is 1. The highest BCUT2D eigenvalue weighted by Gasteiger charge is 2.08. The second-order valence-electron chi connectivity index (χ2n) is 4.28. The SMILES string of the molecule is Cl.NCCCCNC(=O)c1cccc2ccccc12. The summed E-state index contributed by atoms with van der Waals surface area (Å²) in [6.45, 7) is 1.35. The largest absolute Gasteiger partial charge is 0.352 e. The number of unbranched alkanes of at least 4 members (excludes halogenated alkanes) is 1. The summed E-state index contributed by atoms with van der Waals surface area (Å²) in [7, 11) is 0. The number of rotatable bonds is 5. The third kappa shape index (κ3) is 3.94. The summed E-state index contributed by atoms with van der Waals surface area (Å²) in [5.74, 6) is -0.0104. The average molecular weight is 279 g/mol. The van der Waals surface area contributed by atoms with Crippen LogP contribution in [0.25, 0.3) is 10.8 Å². The fourth-order valence-corrected chi connectivity index (χ4v) is 1.99. The Bertz CT molecular complexity index is 537. The van der Waals surface area contributed by atoms with Crippen LogP contribution in [0.1, 0.15) is 23.2 Å². The molecule has 0 saturated carbocycles. The van der Waals surface area contributed by atoms with E-state index in [0.29, 0.717) is 13.1 Å². The summed E-state index contributed by atoms with van der Waals surface area (Å²) < 4.78 is 0. The van der Waals surface area contributed by atoms with Crippen LogP contribution < -0.4 is 11.1 Å². The van der Waals surface area contributed by atoms with Gasteiger partial charge >= 0.3 is 0 Å². The van der Waals surface area contributed by atoms with Crippen molar-refractivity contribution in [3.05, 3.63) is 48.0 Å². The number of benzene rings is 2. The number of hydrogen-bond donors (Lipinski definition) is 2. The standard InChI is InChI=1S/C15H18N2O.ClH/c16-10-3-4-11-17-15(18)14-9-5-7-12-6-1-2-8-13(12)14;/h1-2,5-9H,3-4,10-11,16H2,(H,17,18);1H. The van der Waals surface area contributed by atoms with Crippen LogP contribution in [-0.2, 0) is 0 Å². The highest BCUT2D eigenvalue weighted by Crippen LogP contribution is 2.18. The van der Waals surface area contributed by atoms with E-state index in [1.165, 1.54) is 0 Å². The number of nitrogens with one attached hydrogen (secondary N) is 1. The van der Waals surface area contributed by atoms with Gasteiger partial charge in [0.15, 0.2) is 0 Å². The van der Waals surface area contributed by atoms with E-state index in [4.69, 9.17) is 5.73 Å². The fraction of sp³-hybridized carbons (Fsp3) is 0.267. The van der Waals surface area contributed by atoms with Gasteiger partial charge in [-0.15, -0.1) is 12.4 Å². The Balaban J connectivity index is 0.00000180. The zero-order valence-corrected chi connectivity index (χ0v) is 11.6. The van der Waals surface area contributed by atoms with E-state index in [1.807, 2.05) is 42.5 Å². The van der Waals surface area contributed by atoms with Crippen LogP contribution in [-0.4, -0.2) is 19.0 Å². The predicted octanol–water partition coefficient (Wildman–Crippen LogP) is 2.73. The Morgan fingerprint density at radius 1 is 1.05 bits per heavy atom. The van der Waals surface area contributed by atoms with Crippen molar-refractivity contribution in [2.45, 2.75) is 12.8 Å². The van der Waals surface area contributed by atoms with Gasteiger partial charge in [-0.05, 0) is 36.2 Å². The minimum absolute atomic E-state index is 0. The molecule has 0 aliphatic heterocycles. The number of hydrogen-bond acceptors (Lipinski definition) is 2. The van der Waals surface area contributed by atoms with Crippen molar-refractivity contribution in [1.82, 2.24) is 5.32 Å². The maximum absolute atomic E-state index is 12.1. The average Bonchev–Trinajstić information content (AvgIpc) is 2.43. The van der Waals surface area contributed by atoms with Crippen LogP contribution in [0.4, 0.5) is 0 Å². The van der Waals surface area contributed by atoms with Crippen LogP contribution in [0.15, 0.2) is 42.5 Å². The van der Waals surface area contributed by atoms with Crippen molar-refractivity contribution in [3.63, 3.8) is 0 Å². The van der Waals surface area contributed by atoms with E-state index in [-0.39, 0.29) is 18.3 Å². The number of halogens is 1. The molecule has 2 rings (SSSR count). The summed E-state index contributed by atoms with van der Waals surface area (Å²) in [5.41, 5.74) is 6.16. The molecule has 3 N–H and O–H groups in total. The van der Waals surface area contributed by atoms with Crippen LogP contribution in [0.2, 0.25) is 0 Å². The first kappa shape index (κ1) is 15.5. The second-order valence-corrected chi connectivity index (χ2v) is 4.28. The second kappa shape index (κ2) is 7.77. The molecule has 0 atom stereocenters. The van der Waals surface area contributed by atoms with Gasteiger partial charge in [0.05, 0.1) is 0 Å². The van der Waals surface area contributed by atoms with Gasteiger partial charge in [-0.1, -0.05) is 36.4 Å². The summed E-state index contributed by atoms with van der Waals surface area (Å²) in [6.07, 6.45) is 1.86. The molecule has 102 valence electrons. The lowest BCUT2D eigenvalue weighted by Gasteiger charge is -2.07. The predicted molar refractivity (Wildman–Crippen MR) is 81.8 cm³/mol. The number of carbonyl (C=O) groups excluding carboxylic acids is 1. The molecule has 0 saturated heterocycles. The first-order valence-corrected chi connectivity index (χ1v) is 6.29. The first-order valence-electron chi connectivity index (χ1n) is 6.29. The molecule has 0 spiro atoms. The molecule has 0 bridgehead atoms. The maximum Gasteiger partial charge on any atom is 0.251 e. The van der Waals surface area contributed by atoms with Gasteiger partial charge in [-0.2, -0.15) is 0 Å². The minimum Gasteiger partial charge on any atom is -0.352 e. The molecule has 0 radical (unpaired) electrons. The Kier molecular flexibility index (Phi) is 6.33. The Morgan fingerprint density at radius 2 is 1.79 bits per heavy atom. The highest BCUT2D eigenvalue weighted by atomic mass is 35.5. The molecule has 0 aliphatic rings. The van der Waals surface area contributed by atoms with Crippen LogP contribution in [0.3, 0.4) is 0 Å².